The van der Waals surface area contributed by atoms with E-state index < -0.39 is 0 Å². The maximum absolute atomic E-state index is 5.70. The highest BCUT2D eigenvalue weighted by Gasteiger charge is 2.05. The first-order chi connectivity index (χ1) is 9.67. The molecule has 0 aliphatic rings. The molecule has 0 saturated carbocycles. The van der Waals surface area contributed by atoms with Crippen LogP contribution in [0, 0.1) is 0 Å². The normalized spacial score (nSPS) is 10.5. The summed E-state index contributed by atoms with van der Waals surface area (Å²) in [6.45, 7) is 5.33. The van der Waals surface area contributed by atoms with Crippen LogP contribution in [-0.2, 0) is 0 Å². The molecule has 5 nitrogen and oxygen atoms in total. The number of nitrogens with one attached hydrogen (secondary N) is 1. The quantitative estimate of drug-likeness (QED) is 0.334. The van der Waals surface area contributed by atoms with Gasteiger partial charge >= 0.3 is 0 Å². The van der Waals surface area contributed by atoms with Crippen molar-refractivity contribution in [2.45, 2.75) is 26.7 Å². The highest BCUT2D eigenvalue weighted by molar-refractivity contribution is 7.80. The molecule has 0 amide bonds. The van der Waals surface area contributed by atoms with Gasteiger partial charge in [0.25, 0.3) is 0 Å². The number of nitrogens with zero attached hydrogens (tertiary/aromatic N) is 1. The molecule has 0 unspecified atom stereocenters. The van der Waals surface area contributed by atoms with Crippen molar-refractivity contribution in [3.63, 3.8) is 0 Å². The number of rotatable bonds is 8. The number of unbranched alkanes of at least 4 members (excludes halogenated alkanes) is 1. The fraction of sp³-hybridized carbons (Fsp3) is 0.429. The first-order valence-corrected chi connectivity index (χ1v) is 7.06. The van der Waals surface area contributed by atoms with Gasteiger partial charge in [-0.05, 0) is 49.3 Å². The van der Waals surface area contributed by atoms with E-state index in [9.17, 15) is 0 Å². The Kier molecular flexibility index (Phi) is 7.42. The fourth-order valence-electron chi connectivity index (χ4n) is 1.49. The predicted octanol–water partition coefficient (Wildman–Crippen LogP) is 2.43. The zero-order valence-electron chi connectivity index (χ0n) is 11.9. The van der Waals surface area contributed by atoms with Crippen LogP contribution in [0.15, 0.2) is 23.3 Å². The highest BCUT2D eigenvalue weighted by Crippen LogP contribution is 2.28. The van der Waals surface area contributed by atoms with Gasteiger partial charge in [0, 0.05) is 0 Å². The van der Waals surface area contributed by atoms with E-state index in [0.29, 0.717) is 19.0 Å². The third-order valence-electron chi connectivity index (χ3n) is 2.41. The molecule has 0 bridgehead atoms. The molecule has 0 aromatic heterocycles. The molecule has 1 aromatic rings. The van der Waals surface area contributed by atoms with Gasteiger partial charge < -0.3 is 15.2 Å². The van der Waals surface area contributed by atoms with E-state index in [4.69, 9.17) is 15.2 Å². The Hall–Kier alpha value is -1.82. The van der Waals surface area contributed by atoms with Gasteiger partial charge in [0.1, 0.15) is 0 Å². The van der Waals surface area contributed by atoms with Crippen LogP contribution < -0.4 is 20.6 Å². The Bertz CT molecular complexity index is 464. The predicted molar refractivity (Wildman–Crippen MR) is 85.5 cm³/mol. The summed E-state index contributed by atoms with van der Waals surface area (Å²) in [6, 6.07) is 5.65. The van der Waals surface area contributed by atoms with Crippen LogP contribution in [0.3, 0.4) is 0 Å². The summed E-state index contributed by atoms with van der Waals surface area (Å²) in [5.74, 6) is 1.46. The number of thiocarbonyl (C=S) groups is 1. The van der Waals surface area contributed by atoms with Crippen LogP contribution in [0.2, 0.25) is 0 Å². The molecule has 110 valence electrons. The molecule has 0 aliphatic carbocycles. The average molecular weight is 295 g/mol. The van der Waals surface area contributed by atoms with Crippen molar-refractivity contribution >= 4 is 23.5 Å². The molecule has 6 heteroatoms. The fourth-order valence-corrected chi connectivity index (χ4v) is 1.54. The van der Waals surface area contributed by atoms with E-state index in [1.165, 1.54) is 0 Å². The van der Waals surface area contributed by atoms with E-state index in [0.717, 1.165) is 24.2 Å². The third kappa shape index (κ3) is 5.88. The summed E-state index contributed by atoms with van der Waals surface area (Å²) in [6.07, 6.45) is 3.74. The second kappa shape index (κ2) is 9.14. The molecule has 0 heterocycles. The SMILES string of the molecule is CCCCOc1ccc(C=NNC(N)=S)cc1OCC. The van der Waals surface area contributed by atoms with Crippen LogP contribution in [0.25, 0.3) is 0 Å². The smallest absolute Gasteiger partial charge is 0.184 e. The number of benzene rings is 1. The van der Waals surface area contributed by atoms with Gasteiger partial charge in [0.15, 0.2) is 16.6 Å². The van der Waals surface area contributed by atoms with Crippen LogP contribution in [0.1, 0.15) is 32.3 Å². The molecule has 3 N–H and O–H groups in total. The summed E-state index contributed by atoms with van der Waals surface area (Å²) < 4.78 is 11.3. The van der Waals surface area contributed by atoms with Gasteiger partial charge in [-0.15, -0.1) is 0 Å². The van der Waals surface area contributed by atoms with Crippen molar-refractivity contribution < 1.29 is 9.47 Å². The Balaban J connectivity index is 2.77. The zero-order valence-corrected chi connectivity index (χ0v) is 12.7. The van der Waals surface area contributed by atoms with Crippen molar-refractivity contribution in [2.75, 3.05) is 13.2 Å². The number of hydrogen-bond donors (Lipinski definition) is 2. The number of hydrogen-bond acceptors (Lipinski definition) is 4. The minimum Gasteiger partial charge on any atom is -0.490 e. The summed E-state index contributed by atoms with van der Waals surface area (Å²) in [5.41, 5.74) is 8.67. The molecule has 1 rings (SSSR count). The van der Waals surface area contributed by atoms with Crippen LogP contribution in [0.5, 0.6) is 11.5 Å². The topological polar surface area (TPSA) is 68.9 Å². The van der Waals surface area contributed by atoms with Gasteiger partial charge in [-0.1, -0.05) is 13.3 Å². The van der Waals surface area contributed by atoms with Crippen molar-refractivity contribution in [3.05, 3.63) is 23.8 Å². The lowest BCUT2D eigenvalue weighted by atomic mass is 10.2. The second-order valence-electron chi connectivity index (χ2n) is 4.08. The molecular weight excluding hydrogens is 274 g/mol. The Morgan fingerprint density at radius 2 is 2.15 bits per heavy atom. The van der Waals surface area contributed by atoms with Gasteiger partial charge in [0.05, 0.1) is 19.4 Å². The minimum atomic E-state index is 0.130. The first-order valence-electron chi connectivity index (χ1n) is 6.65. The summed E-state index contributed by atoms with van der Waals surface area (Å²) in [5, 5.41) is 4.04. The lowest BCUT2D eigenvalue weighted by Crippen LogP contribution is -2.23. The number of nitrogens with two attached hydrogens (primary N) is 1. The van der Waals surface area contributed by atoms with Gasteiger partial charge in [-0.25, -0.2) is 0 Å². The van der Waals surface area contributed by atoms with Crippen molar-refractivity contribution in [2.24, 2.45) is 10.8 Å². The van der Waals surface area contributed by atoms with E-state index >= 15 is 0 Å². The molecule has 1 aromatic carbocycles. The van der Waals surface area contributed by atoms with Crippen molar-refractivity contribution in [1.29, 1.82) is 0 Å². The second-order valence-corrected chi connectivity index (χ2v) is 4.52. The van der Waals surface area contributed by atoms with Crippen LogP contribution in [0.4, 0.5) is 0 Å². The zero-order chi connectivity index (χ0) is 14.8. The Labute approximate surface area is 125 Å². The molecule has 0 atom stereocenters. The van der Waals surface area contributed by atoms with E-state index in [-0.39, 0.29) is 5.11 Å². The van der Waals surface area contributed by atoms with Gasteiger partial charge in [0.2, 0.25) is 0 Å². The Morgan fingerprint density at radius 1 is 1.35 bits per heavy atom. The van der Waals surface area contributed by atoms with Gasteiger partial charge in [-0.2, -0.15) is 5.10 Å². The molecule has 20 heavy (non-hydrogen) atoms. The highest BCUT2D eigenvalue weighted by atomic mass is 32.1. The van der Waals surface area contributed by atoms with E-state index in [1.807, 2.05) is 25.1 Å². The lowest BCUT2D eigenvalue weighted by Gasteiger charge is -2.12. The van der Waals surface area contributed by atoms with Crippen LogP contribution >= 0.6 is 12.2 Å². The van der Waals surface area contributed by atoms with E-state index in [1.54, 1.807) is 6.21 Å². The monoisotopic (exact) mass is 295 g/mol. The standard InChI is InChI=1S/C14H21N3O2S/c1-3-5-8-19-12-7-6-11(9-13(12)18-4-2)10-16-17-14(15)20/h6-7,9-10H,3-5,8H2,1-2H3,(H3,15,17,20). The number of hydrazone groups is 1. The van der Waals surface area contributed by atoms with E-state index in [2.05, 4.69) is 29.7 Å². The largest absolute Gasteiger partial charge is 0.490 e. The maximum atomic E-state index is 5.70. The molecule has 0 aliphatic heterocycles. The molecule has 0 radical (unpaired) electrons. The lowest BCUT2D eigenvalue weighted by molar-refractivity contribution is 0.272. The molecular formula is C14H21N3O2S. The van der Waals surface area contributed by atoms with Gasteiger partial charge in [-0.3, -0.25) is 5.43 Å². The van der Waals surface area contributed by atoms with Crippen LogP contribution in [-0.4, -0.2) is 24.5 Å². The summed E-state index contributed by atoms with van der Waals surface area (Å²) in [7, 11) is 0. The summed E-state index contributed by atoms with van der Waals surface area (Å²) in [4.78, 5) is 0. The number of ether oxygens (including phenoxy) is 2. The molecule has 0 spiro atoms. The average Bonchev–Trinajstić information content (AvgIpc) is 2.41. The molecule has 0 saturated heterocycles. The Morgan fingerprint density at radius 3 is 2.80 bits per heavy atom. The van der Waals surface area contributed by atoms with Crippen molar-refractivity contribution in [1.82, 2.24) is 5.43 Å². The minimum absolute atomic E-state index is 0.130. The maximum Gasteiger partial charge on any atom is 0.184 e. The third-order valence-corrected chi connectivity index (χ3v) is 2.50. The first kappa shape index (κ1) is 16.2. The summed E-state index contributed by atoms with van der Waals surface area (Å²) >= 11 is 4.67. The molecule has 0 fully saturated rings. The van der Waals surface area contributed by atoms with Crippen molar-refractivity contribution in [3.8, 4) is 11.5 Å².